The summed E-state index contributed by atoms with van der Waals surface area (Å²) in [5, 5.41) is 7.19. The molecule has 0 aliphatic heterocycles. The first-order valence-electron chi connectivity index (χ1n) is 16.4. The van der Waals surface area contributed by atoms with Gasteiger partial charge in [-0.05, 0) is 45.0 Å². The van der Waals surface area contributed by atoms with Crippen LogP contribution in [0.15, 0.2) is 146 Å². The summed E-state index contributed by atoms with van der Waals surface area (Å²) in [4.78, 5) is 13.3. The van der Waals surface area contributed by atoms with E-state index in [1.165, 1.54) is 48.0 Å². The molecule has 6 aromatic carbocycles. The average molecular weight is 636 g/mol. The van der Waals surface area contributed by atoms with Crippen molar-refractivity contribution in [1.82, 2.24) is 14.5 Å². The molecule has 0 saturated heterocycles. The van der Waals surface area contributed by atoms with E-state index in [-0.39, 0.29) is 5.41 Å². The quantitative estimate of drug-likeness (QED) is 0.180. The van der Waals surface area contributed by atoms with Gasteiger partial charge in [0.2, 0.25) is 0 Å². The lowest BCUT2D eigenvalue weighted by Gasteiger charge is -2.19. The predicted octanol–water partition coefficient (Wildman–Crippen LogP) is 12.2. The van der Waals surface area contributed by atoms with Crippen LogP contribution in [0, 0.1) is 0 Å². The molecule has 3 aromatic heterocycles. The number of para-hydroxylation sites is 1. The predicted molar refractivity (Wildman–Crippen MR) is 204 cm³/mol. The molecule has 0 aliphatic rings. The fourth-order valence-electron chi connectivity index (χ4n) is 7.06. The first kappa shape index (κ1) is 28.6. The minimum absolute atomic E-state index is 0.0613. The van der Waals surface area contributed by atoms with Gasteiger partial charge in [-0.1, -0.05) is 148 Å². The summed E-state index contributed by atoms with van der Waals surface area (Å²) in [7, 11) is 0. The molecule has 9 rings (SSSR count). The van der Waals surface area contributed by atoms with Gasteiger partial charge in [-0.2, -0.15) is 0 Å². The molecule has 0 amide bonds. The van der Waals surface area contributed by atoms with Crippen LogP contribution in [0.3, 0.4) is 0 Å². The Bertz CT molecular complexity index is 2610. The number of fused-ring (bicyclic) bond motifs is 8. The van der Waals surface area contributed by atoms with E-state index >= 15 is 0 Å². The van der Waals surface area contributed by atoms with Crippen molar-refractivity contribution < 1.29 is 0 Å². The Labute approximate surface area is 283 Å². The molecule has 0 unspecified atom stereocenters. The standard InChI is InChI=1S/C44H33N3S/c1-44(2,3)31-25-23-30(24-26-31)42-46-39-36-35(27-45-43(39)47(42)32-19-11-6-12-20-32)33-21-13-14-22-34(33)37-38(36)41(29-17-9-5-10-18-29)48-40(37)28-15-7-4-8-16-28/h4-27H,1-3H3. The summed E-state index contributed by atoms with van der Waals surface area (Å²) in [5.41, 5.74) is 7.65. The van der Waals surface area contributed by atoms with Crippen LogP contribution in [0.1, 0.15) is 26.3 Å². The number of rotatable bonds is 4. The van der Waals surface area contributed by atoms with Crippen LogP contribution in [0.2, 0.25) is 0 Å². The second kappa shape index (κ2) is 11.0. The van der Waals surface area contributed by atoms with Crippen LogP contribution in [0.4, 0.5) is 0 Å². The molecule has 0 fully saturated rings. The van der Waals surface area contributed by atoms with Crippen molar-refractivity contribution in [2.24, 2.45) is 0 Å². The van der Waals surface area contributed by atoms with E-state index in [4.69, 9.17) is 9.97 Å². The number of thiophene rings is 1. The van der Waals surface area contributed by atoms with Gasteiger partial charge in [0, 0.05) is 48.7 Å². The minimum atomic E-state index is 0.0613. The van der Waals surface area contributed by atoms with Gasteiger partial charge < -0.3 is 0 Å². The van der Waals surface area contributed by atoms with E-state index in [1.54, 1.807) is 0 Å². The van der Waals surface area contributed by atoms with E-state index in [0.717, 1.165) is 39.0 Å². The molecular formula is C44H33N3S. The SMILES string of the molecule is CC(C)(C)c1ccc(-c2nc3c4c(cnc3n2-c2ccccc2)c2ccccc2c2c(-c3ccccc3)sc(-c3ccccc3)c24)cc1. The van der Waals surface area contributed by atoms with Gasteiger partial charge in [-0.25, -0.2) is 9.97 Å². The van der Waals surface area contributed by atoms with Gasteiger partial charge in [-0.15, -0.1) is 11.3 Å². The molecule has 4 heteroatoms. The topological polar surface area (TPSA) is 30.7 Å². The van der Waals surface area contributed by atoms with E-state index < -0.39 is 0 Å². The molecule has 9 aromatic rings. The Morgan fingerprint density at radius 1 is 0.521 bits per heavy atom. The summed E-state index contributed by atoms with van der Waals surface area (Å²) >= 11 is 1.87. The monoisotopic (exact) mass is 635 g/mol. The molecule has 3 nitrogen and oxygen atoms in total. The van der Waals surface area contributed by atoms with Crippen molar-refractivity contribution in [3.63, 3.8) is 0 Å². The molecular weight excluding hydrogens is 603 g/mol. The van der Waals surface area contributed by atoms with Crippen molar-refractivity contribution in [3.8, 4) is 38.0 Å². The summed E-state index contributed by atoms with van der Waals surface area (Å²) in [6.07, 6.45) is 2.07. The van der Waals surface area contributed by atoms with Crippen LogP contribution in [0.5, 0.6) is 0 Å². The van der Waals surface area contributed by atoms with Crippen LogP contribution in [0.25, 0.3) is 81.4 Å². The van der Waals surface area contributed by atoms with Crippen LogP contribution >= 0.6 is 11.3 Å². The molecule has 0 N–H and O–H groups in total. The van der Waals surface area contributed by atoms with Crippen LogP contribution in [-0.4, -0.2) is 14.5 Å². The highest BCUT2D eigenvalue weighted by Gasteiger charge is 2.25. The lowest BCUT2D eigenvalue weighted by molar-refractivity contribution is 0.590. The zero-order valence-corrected chi connectivity index (χ0v) is 27.9. The first-order valence-corrected chi connectivity index (χ1v) is 17.2. The Morgan fingerprint density at radius 3 is 1.71 bits per heavy atom. The van der Waals surface area contributed by atoms with Crippen LogP contribution < -0.4 is 0 Å². The minimum Gasteiger partial charge on any atom is -0.277 e. The highest BCUT2D eigenvalue weighted by molar-refractivity contribution is 7.21. The second-order valence-electron chi connectivity index (χ2n) is 13.4. The van der Waals surface area contributed by atoms with Crippen molar-refractivity contribution in [1.29, 1.82) is 0 Å². The third-order valence-corrected chi connectivity index (χ3v) is 10.7. The number of hydrogen-bond donors (Lipinski definition) is 0. The summed E-state index contributed by atoms with van der Waals surface area (Å²) in [6, 6.07) is 49.8. The third-order valence-electron chi connectivity index (χ3n) is 9.42. The van der Waals surface area contributed by atoms with Gasteiger partial charge in [0.1, 0.15) is 11.3 Å². The smallest absolute Gasteiger partial charge is 0.165 e. The molecule has 0 aliphatic carbocycles. The fraction of sp³-hybridized carbons (Fsp3) is 0.0909. The van der Waals surface area contributed by atoms with E-state index in [0.29, 0.717) is 0 Å². The molecule has 230 valence electrons. The van der Waals surface area contributed by atoms with Gasteiger partial charge in [0.15, 0.2) is 5.65 Å². The Morgan fingerprint density at radius 2 is 1.08 bits per heavy atom. The Hall–Kier alpha value is -5.58. The maximum atomic E-state index is 5.56. The van der Waals surface area contributed by atoms with Gasteiger partial charge in [-0.3, -0.25) is 4.57 Å². The molecule has 0 bridgehead atoms. The van der Waals surface area contributed by atoms with E-state index in [1.807, 2.05) is 11.3 Å². The molecule has 48 heavy (non-hydrogen) atoms. The summed E-state index contributed by atoms with van der Waals surface area (Å²) in [6.45, 7) is 6.76. The first-order chi connectivity index (χ1) is 23.5. The number of aromatic nitrogens is 3. The molecule has 0 atom stereocenters. The number of hydrogen-bond acceptors (Lipinski definition) is 3. The normalized spacial score (nSPS) is 12.1. The maximum Gasteiger partial charge on any atom is 0.165 e. The van der Waals surface area contributed by atoms with Crippen LogP contribution in [-0.2, 0) is 5.41 Å². The maximum absolute atomic E-state index is 5.56. The lowest BCUT2D eigenvalue weighted by Crippen LogP contribution is -2.10. The third kappa shape index (κ3) is 4.48. The largest absolute Gasteiger partial charge is 0.277 e. The van der Waals surface area contributed by atoms with E-state index in [9.17, 15) is 0 Å². The fourth-order valence-corrected chi connectivity index (χ4v) is 8.39. The summed E-state index contributed by atoms with van der Waals surface area (Å²) in [5.74, 6) is 0.887. The van der Waals surface area contributed by atoms with Gasteiger partial charge in [0.25, 0.3) is 0 Å². The molecule has 0 radical (unpaired) electrons. The van der Waals surface area contributed by atoms with Crippen molar-refractivity contribution >= 4 is 54.8 Å². The zero-order chi connectivity index (χ0) is 32.4. The van der Waals surface area contributed by atoms with Crippen molar-refractivity contribution in [2.75, 3.05) is 0 Å². The highest BCUT2D eigenvalue weighted by atomic mass is 32.1. The van der Waals surface area contributed by atoms with Crippen molar-refractivity contribution in [3.05, 3.63) is 151 Å². The summed E-state index contributed by atoms with van der Waals surface area (Å²) < 4.78 is 2.23. The average Bonchev–Trinajstić information content (AvgIpc) is 3.73. The molecule has 0 saturated carbocycles. The Balaban J connectivity index is 1.48. The van der Waals surface area contributed by atoms with Gasteiger partial charge >= 0.3 is 0 Å². The number of benzene rings is 6. The lowest BCUT2D eigenvalue weighted by atomic mass is 9.87. The van der Waals surface area contributed by atoms with Crippen molar-refractivity contribution in [2.45, 2.75) is 26.2 Å². The van der Waals surface area contributed by atoms with Gasteiger partial charge in [0.05, 0.1) is 0 Å². The Kier molecular flexibility index (Phi) is 6.56. The number of imidazole rings is 1. The highest BCUT2D eigenvalue weighted by Crippen LogP contribution is 2.51. The van der Waals surface area contributed by atoms with E-state index in [2.05, 4.69) is 171 Å². The number of nitrogens with zero attached hydrogens (tertiary/aromatic N) is 3. The second-order valence-corrected chi connectivity index (χ2v) is 14.5. The molecule has 3 heterocycles. The molecule has 0 spiro atoms. The zero-order valence-electron chi connectivity index (χ0n) is 27.1. The number of pyridine rings is 1.